The van der Waals surface area contributed by atoms with Gasteiger partial charge in [0.1, 0.15) is 19.7 Å². The van der Waals surface area contributed by atoms with Gasteiger partial charge in [-0.3, -0.25) is 0 Å². The summed E-state index contributed by atoms with van der Waals surface area (Å²) in [7, 11) is 1.65. The van der Waals surface area contributed by atoms with Gasteiger partial charge in [0.15, 0.2) is 17.3 Å². The molecule has 0 radical (unpaired) electrons. The molecular weight excluding hydrogens is 338 g/mol. The number of hydrogen-bond acceptors (Lipinski definition) is 3. The molecule has 25 heavy (non-hydrogen) atoms. The van der Waals surface area contributed by atoms with Gasteiger partial charge in [-0.25, -0.2) is 0 Å². The average molecular weight is 359 g/mol. The van der Waals surface area contributed by atoms with Crippen molar-refractivity contribution >= 4 is 11.6 Å². The summed E-state index contributed by atoms with van der Waals surface area (Å²) in [5, 5.41) is 2.88. The summed E-state index contributed by atoms with van der Waals surface area (Å²) >= 11 is 6.17. The first-order valence-electron chi connectivity index (χ1n) is 8.13. The highest BCUT2D eigenvalue weighted by Gasteiger charge is 2.09. The molecule has 5 heteroatoms. The Kier molecular flexibility index (Phi) is 5.99. The number of benzene rings is 2. The lowest BCUT2D eigenvalue weighted by Gasteiger charge is -2.12. The molecule has 0 unspecified atom stereocenters. The minimum Gasteiger partial charge on any atom is -0.493 e. The van der Waals surface area contributed by atoms with Crippen molar-refractivity contribution in [3.05, 3.63) is 82.8 Å². The van der Waals surface area contributed by atoms with Gasteiger partial charge in [0.25, 0.3) is 0 Å². The van der Waals surface area contributed by atoms with Crippen LogP contribution in [0, 0.1) is 0 Å². The van der Waals surface area contributed by atoms with Crippen LogP contribution < -0.4 is 14.8 Å². The second-order valence-electron chi connectivity index (χ2n) is 5.64. The molecule has 1 heterocycles. The first-order chi connectivity index (χ1) is 12.3. The fraction of sp³-hybridized carbons (Fsp3) is 0.200. The number of ether oxygens (including phenoxy) is 2. The third kappa shape index (κ3) is 4.78. The van der Waals surface area contributed by atoms with E-state index < -0.39 is 0 Å². The van der Waals surface area contributed by atoms with Gasteiger partial charge >= 0.3 is 0 Å². The Morgan fingerprint density at radius 3 is 2.64 bits per heavy atom. The molecule has 3 aromatic rings. The third-order valence-corrected chi connectivity index (χ3v) is 4.24. The summed E-state index contributed by atoms with van der Waals surface area (Å²) in [6.45, 7) is 2.04. The van der Waals surface area contributed by atoms with Crippen LogP contribution in [0.5, 0.6) is 11.5 Å². The number of hydrogen-bond donors (Lipinski definition) is 1. The van der Waals surface area contributed by atoms with Crippen molar-refractivity contribution < 1.29 is 19.2 Å². The molecule has 0 fully saturated rings. The molecule has 1 aromatic heterocycles. The first-order valence-corrected chi connectivity index (χ1v) is 8.51. The summed E-state index contributed by atoms with van der Waals surface area (Å²) in [4.78, 5) is 0. The Labute approximate surface area is 152 Å². The van der Waals surface area contributed by atoms with Crippen LogP contribution in [0.1, 0.15) is 16.9 Å². The van der Waals surface area contributed by atoms with Crippen molar-refractivity contribution in [3.8, 4) is 11.5 Å². The zero-order valence-electron chi connectivity index (χ0n) is 14.1. The number of nitrogens with two attached hydrogens (primary N) is 1. The number of halogens is 1. The Morgan fingerprint density at radius 2 is 1.88 bits per heavy atom. The van der Waals surface area contributed by atoms with Crippen molar-refractivity contribution in [3.63, 3.8) is 0 Å². The largest absolute Gasteiger partial charge is 0.493 e. The maximum absolute atomic E-state index is 6.17. The van der Waals surface area contributed by atoms with Gasteiger partial charge in [0.05, 0.1) is 13.4 Å². The highest BCUT2D eigenvalue weighted by atomic mass is 35.5. The van der Waals surface area contributed by atoms with Crippen LogP contribution in [0.2, 0.25) is 5.02 Å². The normalized spacial score (nSPS) is 10.6. The van der Waals surface area contributed by atoms with Crippen LogP contribution in [0.15, 0.2) is 65.3 Å². The Morgan fingerprint density at radius 1 is 1.00 bits per heavy atom. The molecule has 2 N–H and O–H groups in total. The van der Waals surface area contributed by atoms with Crippen LogP contribution in [0.3, 0.4) is 0 Å². The minimum absolute atomic E-state index is 0.403. The average Bonchev–Trinajstić information content (AvgIpc) is 3.15. The molecule has 0 aliphatic carbocycles. The Hall–Kier alpha value is -2.43. The van der Waals surface area contributed by atoms with Crippen molar-refractivity contribution in [2.75, 3.05) is 7.11 Å². The fourth-order valence-electron chi connectivity index (χ4n) is 2.54. The van der Waals surface area contributed by atoms with E-state index in [0.717, 1.165) is 35.7 Å². The topological polar surface area (TPSA) is 48.2 Å². The molecule has 130 valence electrons. The van der Waals surface area contributed by atoms with E-state index in [1.807, 2.05) is 54.6 Å². The lowest BCUT2D eigenvalue weighted by atomic mass is 10.2. The maximum Gasteiger partial charge on any atom is 0.161 e. The van der Waals surface area contributed by atoms with Gasteiger partial charge in [0.2, 0.25) is 0 Å². The van der Waals surface area contributed by atoms with Gasteiger partial charge in [-0.1, -0.05) is 29.8 Å². The number of rotatable bonds is 8. The van der Waals surface area contributed by atoms with Gasteiger partial charge in [0, 0.05) is 16.1 Å². The van der Waals surface area contributed by atoms with Gasteiger partial charge in [-0.2, -0.15) is 0 Å². The van der Waals surface area contributed by atoms with Crippen LogP contribution in [-0.2, 0) is 19.7 Å². The first kappa shape index (κ1) is 17.4. The molecule has 2 aromatic carbocycles. The van der Waals surface area contributed by atoms with Crippen molar-refractivity contribution in [1.82, 2.24) is 0 Å². The standard InChI is InChI=1S/C20H20ClNO3/c1-23-20-11-15(12-22-13-17-6-4-10-24-17)8-9-19(20)25-14-16-5-2-3-7-18(16)21/h2-11,22H,12-14H2,1H3/p+1. The minimum atomic E-state index is 0.403. The maximum atomic E-state index is 6.17. The molecule has 0 aliphatic heterocycles. The number of furan rings is 1. The Balaban J connectivity index is 1.60. The van der Waals surface area contributed by atoms with E-state index in [-0.39, 0.29) is 0 Å². The predicted molar refractivity (Wildman–Crippen MR) is 96.8 cm³/mol. The second-order valence-corrected chi connectivity index (χ2v) is 6.05. The molecule has 0 spiro atoms. The summed E-state index contributed by atoms with van der Waals surface area (Å²) in [5.74, 6) is 2.39. The zero-order chi connectivity index (χ0) is 17.5. The smallest absolute Gasteiger partial charge is 0.161 e. The SMILES string of the molecule is COc1cc(C[NH2+]Cc2ccco2)ccc1OCc1ccccc1Cl. The second kappa shape index (κ2) is 8.60. The lowest BCUT2D eigenvalue weighted by molar-refractivity contribution is -0.688. The monoisotopic (exact) mass is 358 g/mol. The molecule has 0 saturated carbocycles. The highest BCUT2D eigenvalue weighted by Crippen LogP contribution is 2.29. The van der Waals surface area contributed by atoms with Crippen molar-refractivity contribution in [2.24, 2.45) is 0 Å². The molecule has 0 amide bonds. The predicted octanol–water partition coefficient (Wildman–Crippen LogP) is 3.78. The molecule has 3 rings (SSSR count). The summed E-state index contributed by atoms with van der Waals surface area (Å²) in [6, 6.07) is 17.5. The summed E-state index contributed by atoms with van der Waals surface area (Å²) < 4.78 is 16.7. The van der Waals surface area contributed by atoms with Gasteiger partial charge < -0.3 is 19.2 Å². The van der Waals surface area contributed by atoms with Gasteiger partial charge in [-0.05, 0) is 36.4 Å². The van der Waals surface area contributed by atoms with Crippen LogP contribution in [-0.4, -0.2) is 7.11 Å². The lowest BCUT2D eigenvalue weighted by Crippen LogP contribution is -2.80. The molecular formula is C20H21ClNO3+. The quantitative estimate of drug-likeness (QED) is 0.666. The molecule has 0 bridgehead atoms. The fourth-order valence-corrected chi connectivity index (χ4v) is 2.73. The van der Waals surface area contributed by atoms with E-state index >= 15 is 0 Å². The van der Waals surface area contributed by atoms with Crippen molar-refractivity contribution in [1.29, 1.82) is 0 Å². The zero-order valence-corrected chi connectivity index (χ0v) is 14.8. The van der Waals surface area contributed by atoms with E-state index in [9.17, 15) is 0 Å². The van der Waals surface area contributed by atoms with E-state index in [4.69, 9.17) is 25.5 Å². The van der Waals surface area contributed by atoms with E-state index in [1.54, 1.807) is 13.4 Å². The summed E-state index contributed by atoms with van der Waals surface area (Å²) in [5.41, 5.74) is 2.11. The van der Waals surface area contributed by atoms with Crippen LogP contribution in [0.4, 0.5) is 0 Å². The number of quaternary nitrogens is 1. The van der Waals surface area contributed by atoms with Crippen molar-refractivity contribution in [2.45, 2.75) is 19.7 Å². The third-order valence-electron chi connectivity index (χ3n) is 3.87. The number of methoxy groups -OCH3 is 1. The Bertz CT molecular complexity index is 802. The van der Waals surface area contributed by atoms with E-state index in [1.165, 1.54) is 0 Å². The molecule has 0 aliphatic rings. The molecule has 0 saturated heterocycles. The van der Waals surface area contributed by atoms with Crippen LogP contribution >= 0.6 is 11.6 Å². The van der Waals surface area contributed by atoms with E-state index in [0.29, 0.717) is 17.4 Å². The van der Waals surface area contributed by atoms with Gasteiger partial charge in [-0.15, -0.1) is 0 Å². The summed E-state index contributed by atoms with van der Waals surface area (Å²) in [6.07, 6.45) is 1.69. The van der Waals surface area contributed by atoms with Crippen LogP contribution in [0.25, 0.3) is 0 Å². The highest BCUT2D eigenvalue weighted by molar-refractivity contribution is 6.31. The molecule has 0 atom stereocenters. The molecule has 4 nitrogen and oxygen atoms in total. The van der Waals surface area contributed by atoms with E-state index in [2.05, 4.69) is 5.32 Å².